The molecule has 0 fully saturated rings. The summed E-state index contributed by atoms with van der Waals surface area (Å²) in [5, 5.41) is 0.0196. The molecule has 3 nitrogen and oxygen atoms in total. The smallest absolute Gasteiger partial charge is 0.338 e. The molecule has 0 spiro atoms. The number of carbonyl (C=O) groups is 1. The number of hydrogen-bond donors (Lipinski definition) is 0. The third kappa shape index (κ3) is 7.73. The van der Waals surface area contributed by atoms with E-state index in [-0.39, 0.29) is 17.1 Å². The van der Waals surface area contributed by atoms with Crippen molar-refractivity contribution in [1.29, 1.82) is 0 Å². The van der Waals surface area contributed by atoms with E-state index in [0.29, 0.717) is 29.9 Å². The zero-order chi connectivity index (χ0) is 27.6. The van der Waals surface area contributed by atoms with Crippen LogP contribution in [0.3, 0.4) is 0 Å². The Labute approximate surface area is 237 Å². The van der Waals surface area contributed by atoms with Crippen LogP contribution < -0.4 is 4.74 Å². The number of hydrogen-bond acceptors (Lipinski definition) is 3. The van der Waals surface area contributed by atoms with Gasteiger partial charge in [-0.05, 0) is 78.6 Å². The molecule has 0 aliphatic heterocycles. The summed E-state index contributed by atoms with van der Waals surface area (Å²) < 4.78 is 26.4. The minimum atomic E-state index is -0.467. The molecule has 0 radical (unpaired) electrons. The molecule has 1 aliphatic carbocycles. The largest absolute Gasteiger partial charge is 0.492 e. The van der Waals surface area contributed by atoms with Crippen LogP contribution in [0.4, 0.5) is 4.39 Å². The summed E-state index contributed by atoms with van der Waals surface area (Å²) in [7, 11) is 0. The van der Waals surface area contributed by atoms with Crippen LogP contribution in [-0.4, -0.2) is 18.7 Å². The van der Waals surface area contributed by atoms with Crippen LogP contribution in [-0.2, 0) is 11.2 Å². The molecule has 3 aromatic rings. The van der Waals surface area contributed by atoms with E-state index >= 15 is 0 Å². The van der Waals surface area contributed by atoms with Crippen molar-refractivity contribution < 1.29 is 18.7 Å². The monoisotopic (exact) mass is 548 g/mol. The number of ether oxygens (including phenoxy) is 2. The number of halogens is 2. The van der Waals surface area contributed by atoms with E-state index in [1.54, 1.807) is 12.1 Å². The second kappa shape index (κ2) is 14.3. The first-order valence-corrected chi connectivity index (χ1v) is 14.6. The highest BCUT2D eigenvalue weighted by molar-refractivity contribution is 6.32. The molecule has 4 rings (SSSR count). The molecule has 0 saturated heterocycles. The van der Waals surface area contributed by atoms with Gasteiger partial charge in [-0.15, -0.1) is 0 Å². The lowest BCUT2D eigenvalue weighted by atomic mass is 9.91. The van der Waals surface area contributed by atoms with Gasteiger partial charge < -0.3 is 9.47 Å². The number of allylic oxidation sites excluding steroid dienone is 1. The first kappa shape index (κ1) is 28.9. The first-order valence-electron chi connectivity index (χ1n) is 14.2. The fourth-order valence-electron chi connectivity index (χ4n) is 4.84. The molecule has 0 bridgehead atoms. The van der Waals surface area contributed by atoms with Gasteiger partial charge in [0, 0.05) is 12.0 Å². The van der Waals surface area contributed by atoms with Crippen molar-refractivity contribution in [3.8, 4) is 16.9 Å². The first-order chi connectivity index (χ1) is 19.0. The minimum Gasteiger partial charge on any atom is -0.492 e. The van der Waals surface area contributed by atoms with Gasteiger partial charge in [-0.1, -0.05) is 87.2 Å². The Kier molecular flexibility index (Phi) is 10.6. The average molecular weight is 549 g/mol. The van der Waals surface area contributed by atoms with Crippen molar-refractivity contribution in [2.75, 3.05) is 6.61 Å². The van der Waals surface area contributed by atoms with Gasteiger partial charge in [0.1, 0.15) is 16.9 Å². The van der Waals surface area contributed by atoms with Gasteiger partial charge in [-0.3, -0.25) is 0 Å². The Morgan fingerprint density at radius 3 is 2.31 bits per heavy atom. The van der Waals surface area contributed by atoms with Crippen molar-refractivity contribution in [3.63, 3.8) is 0 Å². The van der Waals surface area contributed by atoms with Gasteiger partial charge in [0.15, 0.2) is 5.82 Å². The normalized spacial score (nSPS) is 15.1. The number of aryl methyl sites for hydroxylation is 1. The average Bonchev–Trinajstić information content (AvgIpc) is 2.96. The van der Waals surface area contributed by atoms with Crippen LogP contribution in [0.5, 0.6) is 5.75 Å². The van der Waals surface area contributed by atoms with Crippen LogP contribution >= 0.6 is 11.6 Å². The highest BCUT2D eigenvalue weighted by atomic mass is 35.5. The molecule has 0 saturated carbocycles. The van der Waals surface area contributed by atoms with E-state index in [0.717, 1.165) is 43.2 Å². The molecule has 1 unspecified atom stereocenters. The van der Waals surface area contributed by atoms with E-state index in [1.807, 2.05) is 48.5 Å². The number of unbranched alkanes of at least 4 members (excludes halogenated alkanes) is 3. The lowest BCUT2D eigenvalue weighted by Gasteiger charge is -2.22. The van der Waals surface area contributed by atoms with E-state index in [2.05, 4.69) is 19.9 Å². The van der Waals surface area contributed by atoms with Gasteiger partial charge in [0.25, 0.3) is 0 Å². The summed E-state index contributed by atoms with van der Waals surface area (Å²) in [6.45, 7) is 4.79. The SMILES string of the molecule is CCCCCc1ccc(C(=O)OC2CC=C(c3ccc(-c4ccc(OCCCC)c(Cl)c4F)cc3)CC2)cc1. The predicted molar refractivity (Wildman–Crippen MR) is 158 cm³/mol. The lowest BCUT2D eigenvalue weighted by molar-refractivity contribution is 0.0285. The maximum absolute atomic E-state index is 15.0. The fraction of sp³-hybridized carbons (Fsp3) is 0.382. The molecule has 0 aromatic heterocycles. The van der Waals surface area contributed by atoms with Crippen LogP contribution in [0.15, 0.2) is 66.7 Å². The molecule has 39 heavy (non-hydrogen) atoms. The molecular weight excluding hydrogens is 511 g/mol. The summed E-state index contributed by atoms with van der Waals surface area (Å²) in [5.74, 6) is -0.347. The van der Waals surface area contributed by atoms with E-state index in [9.17, 15) is 9.18 Å². The van der Waals surface area contributed by atoms with Crippen molar-refractivity contribution in [2.24, 2.45) is 0 Å². The van der Waals surface area contributed by atoms with Crippen LogP contribution in [0.2, 0.25) is 5.02 Å². The van der Waals surface area contributed by atoms with Gasteiger partial charge in [0.05, 0.1) is 12.2 Å². The molecule has 3 aromatic carbocycles. The molecular formula is C34H38ClFO3. The molecule has 1 atom stereocenters. The summed E-state index contributed by atoms with van der Waals surface area (Å²) in [5.41, 5.74) is 5.38. The van der Waals surface area contributed by atoms with Crippen LogP contribution in [0.1, 0.15) is 86.7 Å². The Bertz CT molecular complexity index is 1260. The molecule has 206 valence electrons. The van der Waals surface area contributed by atoms with E-state index in [4.69, 9.17) is 21.1 Å². The summed E-state index contributed by atoms with van der Waals surface area (Å²) >= 11 is 6.25. The van der Waals surface area contributed by atoms with Gasteiger partial charge in [0.2, 0.25) is 0 Å². The maximum Gasteiger partial charge on any atom is 0.338 e. The molecule has 1 aliphatic rings. The Morgan fingerprint density at radius 2 is 1.64 bits per heavy atom. The Hall–Kier alpha value is -3.11. The zero-order valence-corrected chi connectivity index (χ0v) is 23.7. The number of benzene rings is 3. The number of esters is 1. The summed E-state index contributed by atoms with van der Waals surface area (Å²) in [6, 6.07) is 19.1. The molecule has 5 heteroatoms. The van der Waals surface area contributed by atoms with Gasteiger partial charge >= 0.3 is 5.97 Å². The maximum atomic E-state index is 15.0. The second-order valence-corrected chi connectivity index (χ2v) is 10.6. The Morgan fingerprint density at radius 1 is 0.923 bits per heavy atom. The Balaban J connectivity index is 1.33. The molecule has 0 heterocycles. The van der Waals surface area contributed by atoms with Crippen molar-refractivity contribution >= 4 is 23.1 Å². The standard InChI is InChI=1S/C34H38ClFO3/c1-3-5-7-8-24-9-11-28(12-10-24)34(37)39-29-19-17-26(18-20-29)25-13-15-27(16-14-25)30-21-22-31(32(35)33(30)36)38-23-6-4-2/h9-17,21-22,29H,3-8,18-20,23H2,1-2H3. The van der Waals surface area contributed by atoms with Crippen molar-refractivity contribution in [2.45, 2.75) is 77.7 Å². The highest BCUT2D eigenvalue weighted by Crippen LogP contribution is 2.36. The van der Waals surface area contributed by atoms with Crippen molar-refractivity contribution in [1.82, 2.24) is 0 Å². The lowest BCUT2D eigenvalue weighted by Crippen LogP contribution is -2.20. The number of carbonyl (C=O) groups excluding carboxylic acids is 1. The molecule has 0 amide bonds. The molecule has 0 N–H and O–H groups in total. The van der Waals surface area contributed by atoms with E-state index < -0.39 is 5.82 Å². The van der Waals surface area contributed by atoms with E-state index in [1.165, 1.54) is 30.4 Å². The topological polar surface area (TPSA) is 35.5 Å². The fourth-order valence-corrected chi connectivity index (χ4v) is 5.06. The third-order valence-corrected chi connectivity index (χ3v) is 7.62. The number of rotatable bonds is 12. The van der Waals surface area contributed by atoms with Crippen LogP contribution in [0, 0.1) is 5.82 Å². The zero-order valence-electron chi connectivity index (χ0n) is 23.0. The van der Waals surface area contributed by atoms with Crippen molar-refractivity contribution in [3.05, 3.63) is 94.3 Å². The highest BCUT2D eigenvalue weighted by Gasteiger charge is 2.20. The minimum absolute atomic E-state index is 0.0196. The summed E-state index contributed by atoms with van der Waals surface area (Å²) in [4.78, 5) is 12.7. The quantitative estimate of drug-likeness (QED) is 0.167. The third-order valence-electron chi connectivity index (χ3n) is 7.26. The summed E-state index contributed by atoms with van der Waals surface area (Å²) in [6.07, 6.45) is 10.8. The van der Waals surface area contributed by atoms with Crippen LogP contribution in [0.25, 0.3) is 16.7 Å². The second-order valence-electron chi connectivity index (χ2n) is 10.2. The van der Waals surface area contributed by atoms with Gasteiger partial charge in [-0.25, -0.2) is 9.18 Å². The predicted octanol–water partition coefficient (Wildman–Crippen LogP) is 9.85. The van der Waals surface area contributed by atoms with Gasteiger partial charge in [-0.2, -0.15) is 0 Å².